The topological polar surface area (TPSA) is 0 Å². The Morgan fingerprint density at radius 2 is 0.130 bits per heavy atom. The molecule has 0 heterocycles. The van der Waals surface area contributed by atoms with Gasteiger partial charge in [-0.2, -0.15) is 0 Å². The van der Waals surface area contributed by atoms with Crippen LogP contribution in [0.2, 0.25) is 0 Å². The normalized spacial score (nSPS) is 0. The van der Waals surface area contributed by atoms with E-state index in [1.54, 1.807) is 0 Å². The number of rotatable bonds is 0. The molecular formula is H26Ca3F20. The van der Waals surface area contributed by atoms with Gasteiger partial charge in [-0.1, -0.05) is 0 Å². The third-order valence-electron chi connectivity index (χ3n) is 0. The van der Waals surface area contributed by atoms with E-state index in [0.717, 1.165) is 0 Å². The van der Waals surface area contributed by atoms with Crippen molar-refractivity contribution >= 4 is 113 Å². The quantitative estimate of drug-likeness (QED) is 0.337. The Bertz CT molecular complexity index is 34.2. The number of hydrogen-bond acceptors (Lipinski definition) is 0. The summed E-state index contributed by atoms with van der Waals surface area (Å²) in [6, 6.07) is 0. The van der Waals surface area contributed by atoms with E-state index in [9.17, 15) is 0 Å². The summed E-state index contributed by atoms with van der Waals surface area (Å²) in [6.07, 6.45) is 0. The largest absolute Gasteiger partial charge is 2.00 e. The fourth-order valence-electron chi connectivity index (χ4n) is 0. The van der Waals surface area contributed by atoms with Gasteiger partial charge in [0.1, 0.15) is 0 Å². The third kappa shape index (κ3) is 2160. The maximum atomic E-state index is 0. The first-order chi connectivity index (χ1) is 0. The van der Waals surface area contributed by atoms with E-state index in [4.69, 9.17) is 0 Å². The van der Waals surface area contributed by atoms with Crippen LogP contribution in [0.5, 0.6) is 0 Å². The van der Waals surface area contributed by atoms with Crippen molar-refractivity contribution in [3.63, 3.8) is 0 Å². The van der Waals surface area contributed by atoms with Crippen LogP contribution in [0.3, 0.4) is 0 Å². The summed E-state index contributed by atoms with van der Waals surface area (Å²) in [5.41, 5.74) is 0. The molecule has 0 aromatic heterocycles. The second-order valence-electron chi connectivity index (χ2n) is 0. The fourth-order valence-corrected chi connectivity index (χ4v) is 0. The van der Waals surface area contributed by atoms with Crippen LogP contribution in [-0.2, 0) is 0 Å². The Labute approximate surface area is 213 Å². The van der Waals surface area contributed by atoms with Gasteiger partial charge in [-0.25, -0.2) is 0 Å². The second kappa shape index (κ2) is 2350. The molecule has 0 aliphatic heterocycles. The summed E-state index contributed by atoms with van der Waals surface area (Å²) in [7, 11) is 0. The Morgan fingerprint density at radius 1 is 0.130 bits per heavy atom. The van der Waals surface area contributed by atoms with Crippen LogP contribution in [0.1, 0.15) is 8.56 Å². The molecule has 0 unspecified atom stereocenters. The van der Waals surface area contributed by atoms with Crippen LogP contribution >= 0.6 is 0 Å². The van der Waals surface area contributed by atoms with Gasteiger partial charge in [-0.15, -0.1) is 0 Å². The van der Waals surface area contributed by atoms with E-state index < -0.39 is 0 Å². The van der Waals surface area contributed by atoms with Gasteiger partial charge >= 0.3 is 113 Å². The zero-order valence-electron chi connectivity index (χ0n) is 16.3. The average Bonchev–Trinajstić information content (AvgIpc) is 0. The molecule has 0 radical (unpaired) electrons. The van der Waals surface area contributed by atoms with E-state index in [-0.39, 0.29) is 216 Å². The number of halogens is 20. The SMILES string of the molecule is F.F.F.F.F.F.F.F.F.F.F.F.F.F.F.F.F.F.F.F.[Ca+2].[Ca+2].[Ca+2].[H-].[H-].[H-].[H-].[H-].[H-]. The first-order valence-corrected chi connectivity index (χ1v) is 0. The number of hydrogen-bond donors (Lipinski definition) is 0. The maximum Gasteiger partial charge on any atom is 2.00 e. The standard InChI is InChI=1S/3Ca.20FH.6H/h;;;20*1H;;;;;;/q3*+2;;;;;;;;;;;;;;;;;;;;;6*-1. The molecule has 0 fully saturated rings. The average molecular weight is 526 g/mol. The maximum absolute atomic E-state index is 0. The smallest absolute Gasteiger partial charge is 1.00 e. The molecule has 0 aliphatic carbocycles. The van der Waals surface area contributed by atoms with Gasteiger partial charge in [0.15, 0.2) is 0 Å². The van der Waals surface area contributed by atoms with Gasteiger partial charge in [0, 0.05) is 0 Å². The Kier molecular flexibility index (Phi) is 273000. The molecule has 0 bridgehead atoms. The minimum Gasteiger partial charge on any atom is -1.00 e. The van der Waals surface area contributed by atoms with E-state index in [1.807, 2.05) is 0 Å². The molecule has 0 N–H and O–H groups in total. The second-order valence-corrected chi connectivity index (χ2v) is 0. The first kappa shape index (κ1) is 2660. The Hall–Kier alpha value is 2.38. The van der Waals surface area contributed by atoms with Crippen LogP contribution in [-0.4, -0.2) is 113 Å². The van der Waals surface area contributed by atoms with E-state index in [0.29, 0.717) is 0 Å². The molecule has 0 spiro atoms. The summed E-state index contributed by atoms with van der Waals surface area (Å²) in [5.74, 6) is 0. The molecule has 0 saturated heterocycles. The molecule has 172 valence electrons. The molecular weight excluding hydrogens is 500 g/mol. The molecule has 0 atom stereocenters. The molecule has 0 aromatic carbocycles. The van der Waals surface area contributed by atoms with Crippen molar-refractivity contribution in [1.82, 2.24) is 0 Å². The molecule has 0 aliphatic rings. The van der Waals surface area contributed by atoms with Crippen molar-refractivity contribution in [1.29, 1.82) is 0 Å². The summed E-state index contributed by atoms with van der Waals surface area (Å²) < 4.78 is 0. The van der Waals surface area contributed by atoms with Gasteiger partial charge in [0.25, 0.3) is 0 Å². The van der Waals surface area contributed by atoms with Crippen molar-refractivity contribution in [2.45, 2.75) is 0 Å². The van der Waals surface area contributed by atoms with Crippen LogP contribution in [0.25, 0.3) is 0 Å². The molecule has 0 saturated carbocycles. The Balaban J connectivity index is 0. The van der Waals surface area contributed by atoms with Crippen LogP contribution in [0.15, 0.2) is 0 Å². The molecule has 23 heteroatoms. The Morgan fingerprint density at radius 3 is 0.130 bits per heavy atom. The van der Waals surface area contributed by atoms with Crippen LogP contribution in [0, 0.1) is 0 Å². The third-order valence-corrected chi connectivity index (χ3v) is 0. The predicted molar refractivity (Wildman–Crippen MR) is 74.0 cm³/mol. The molecule has 23 heavy (non-hydrogen) atoms. The van der Waals surface area contributed by atoms with E-state index in [2.05, 4.69) is 0 Å². The zero-order valence-corrected chi connectivity index (χ0v) is 16.9. The molecule has 0 amide bonds. The first-order valence-electron chi connectivity index (χ1n) is 0. The molecule has 0 nitrogen and oxygen atoms in total. The fraction of sp³-hybridized carbons (Fsp3) is 0. The van der Waals surface area contributed by atoms with Gasteiger partial charge in [0.2, 0.25) is 0 Å². The molecule has 0 rings (SSSR count). The van der Waals surface area contributed by atoms with Crippen molar-refractivity contribution in [3.8, 4) is 0 Å². The van der Waals surface area contributed by atoms with Gasteiger partial charge < -0.3 is 8.56 Å². The predicted octanol–water partition coefficient (Wildman–Crippen LogP) is 2.58. The minimum absolute atomic E-state index is 0. The van der Waals surface area contributed by atoms with Gasteiger partial charge in [-0.3, -0.25) is 94.1 Å². The van der Waals surface area contributed by atoms with E-state index >= 15 is 0 Å². The van der Waals surface area contributed by atoms with Crippen LogP contribution < -0.4 is 0 Å². The summed E-state index contributed by atoms with van der Waals surface area (Å²) in [5, 5.41) is 0. The van der Waals surface area contributed by atoms with E-state index in [1.165, 1.54) is 0 Å². The van der Waals surface area contributed by atoms with Crippen molar-refractivity contribution in [2.75, 3.05) is 0 Å². The monoisotopic (exact) mass is 526 g/mol. The summed E-state index contributed by atoms with van der Waals surface area (Å²) in [4.78, 5) is 0. The van der Waals surface area contributed by atoms with Gasteiger partial charge in [-0.05, 0) is 0 Å². The van der Waals surface area contributed by atoms with Crippen molar-refractivity contribution < 1.29 is 103 Å². The van der Waals surface area contributed by atoms with Crippen LogP contribution in [0.4, 0.5) is 94.1 Å². The van der Waals surface area contributed by atoms with Crippen molar-refractivity contribution in [3.05, 3.63) is 0 Å². The zero-order chi connectivity index (χ0) is 0. The van der Waals surface area contributed by atoms with Crippen molar-refractivity contribution in [2.24, 2.45) is 0 Å². The molecule has 0 aromatic rings. The summed E-state index contributed by atoms with van der Waals surface area (Å²) >= 11 is 0. The minimum atomic E-state index is 0. The van der Waals surface area contributed by atoms with Gasteiger partial charge in [0.05, 0.1) is 0 Å². The summed E-state index contributed by atoms with van der Waals surface area (Å²) in [6.45, 7) is 0.